The second-order valence-corrected chi connectivity index (χ2v) is 4.96. The molecule has 0 spiro atoms. The van der Waals surface area contributed by atoms with E-state index in [9.17, 15) is 0 Å². The monoisotopic (exact) mass is 217 g/mol. The van der Waals surface area contributed by atoms with Crippen LogP contribution in [0.4, 0.5) is 0 Å². The Labute approximate surface area is 97.0 Å². The third kappa shape index (κ3) is 2.07. The smallest absolute Gasteiger partial charge is 0.122 e. The third-order valence-electron chi connectivity index (χ3n) is 3.67. The summed E-state index contributed by atoms with van der Waals surface area (Å²) in [5, 5.41) is 3.42. The van der Waals surface area contributed by atoms with Crippen molar-refractivity contribution in [1.82, 2.24) is 5.32 Å². The lowest BCUT2D eigenvalue weighted by Crippen LogP contribution is -2.12. The van der Waals surface area contributed by atoms with Gasteiger partial charge in [0.2, 0.25) is 0 Å². The first-order valence-corrected chi connectivity index (χ1v) is 6.37. The van der Waals surface area contributed by atoms with Crippen LogP contribution in [0.1, 0.15) is 24.0 Å². The van der Waals surface area contributed by atoms with Crippen LogP contribution in [0.5, 0.6) is 5.75 Å². The summed E-state index contributed by atoms with van der Waals surface area (Å²) in [6.07, 6.45) is 4.86. The van der Waals surface area contributed by atoms with Crippen molar-refractivity contribution in [3.05, 3.63) is 29.3 Å². The molecule has 1 saturated heterocycles. The van der Waals surface area contributed by atoms with E-state index >= 15 is 0 Å². The molecule has 1 N–H and O–H groups in total. The first-order valence-electron chi connectivity index (χ1n) is 6.37. The quantitative estimate of drug-likeness (QED) is 0.819. The molecule has 0 aromatic heterocycles. The number of hydrogen-bond acceptors (Lipinski definition) is 2. The number of ether oxygens (including phenoxy) is 1. The lowest BCUT2D eigenvalue weighted by Gasteiger charge is -2.18. The van der Waals surface area contributed by atoms with Gasteiger partial charge in [-0.15, -0.1) is 0 Å². The summed E-state index contributed by atoms with van der Waals surface area (Å²) in [5.41, 5.74) is 2.83. The molecule has 0 aliphatic carbocycles. The highest BCUT2D eigenvalue weighted by molar-refractivity contribution is 5.39. The Morgan fingerprint density at radius 1 is 1.38 bits per heavy atom. The summed E-state index contributed by atoms with van der Waals surface area (Å²) in [5.74, 6) is 1.95. The largest absolute Gasteiger partial charge is 0.493 e. The van der Waals surface area contributed by atoms with Crippen molar-refractivity contribution >= 4 is 0 Å². The summed E-state index contributed by atoms with van der Waals surface area (Å²) in [4.78, 5) is 0. The molecule has 0 saturated carbocycles. The normalized spacial score (nSPS) is 23.9. The second kappa shape index (κ2) is 4.46. The van der Waals surface area contributed by atoms with Crippen molar-refractivity contribution < 1.29 is 4.74 Å². The van der Waals surface area contributed by atoms with Gasteiger partial charge in [-0.3, -0.25) is 0 Å². The summed E-state index contributed by atoms with van der Waals surface area (Å²) >= 11 is 0. The van der Waals surface area contributed by atoms with E-state index in [-0.39, 0.29) is 0 Å². The van der Waals surface area contributed by atoms with Gasteiger partial charge >= 0.3 is 0 Å². The number of benzene rings is 1. The lowest BCUT2D eigenvalue weighted by molar-refractivity contribution is 0.288. The molecular weight excluding hydrogens is 198 g/mol. The van der Waals surface area contributed by atoms with Gasteiger partial charge in [0, 0.05) is 0 Å². The number of nitrogens with one attached hydrogen (secondary N) is 1. The number of aryl methyl sites for hydroxylation is 1. The SMILES string of the molecule is c1cc2c(cc1CC1CCNC1)OCCC2. The molecule has 0 amide bonds. The van der Waals surface area contributed by atoms with Crippen molar-refractivity contribution in [1.29, 1.82) is 0 Å². The highest BCUT2D eigenvalue weighted by Crippen LogP contribution is 2.27. The second-order valence-electron chi connectivity index (χ2n) is 4.96. The number of fused-ring (bicyclic) bond motifs is 1. The Morgan fingerprint density at radius 3 is 3.25 bits per heavy atom. The maximum absolute atomic E-state index is 5.71. The minimum absolute atomic E-state index is 0.821. The standard InChI is InChI=1S/C14H19NO/c1-2-13-4-3-11(9-14(13)16-7-1)8-12-5-6-15-10-12/h3-4,9,12,15H,1-2,5-8,10H2. The maximum atomic E-state index is 5.71. The molecule has 86 valence electrons. The maximum Gasteiger partial charge on any atom is 0.122 e. The van der Waals surface area contributed by atoms with Crippen molar-refractivity contribution in [2.24, 2.45) is 5.92 Å². The van der Waals surface area contributed by atoms with Crippen LogP contribution < -0.4 is 10.1 Å². The zero-order valence-corrected chi connectivity index (χ0v) is 9.67. The van der Waals surface area contributed by atoms with E-state index in [1.807, 2.05) is 0 Å². The Kier molecular flexibility index (Phi) is 2.83. The van der Waals surface area contributed by atoms with Crippen LogP contribution in [-0.2, 0) is 12.8 Å². The highest BCUT2D eigenvalue weighted by Gasteiger charge is 2.16. The van der Waals surface area contributed by atoms with Crippen LogP contribution in [0, 0.1) is 5.92 Å². The van der Waals surface area contributed by atoms with E-state index in [1.165, 1.54) is 49.9 Å². The van der Waals surface area contributed by atoms with E-state index in [1.54, 1.807) is 0 Å². The molecule has 1 atom stereocenters. The van der Waals surface area contributed by atoms with Gasteiger partial charge < -0.3 is 10.1 Å². The predicted octanol–water partition coefficient (Wildman–Crippen LogP) is 2.16. The van der Waals surface area contributed by atoms with E-state index in [0.717, 1.165) is 18.3 Å². The number of rotatable bonds is 2. The van der Waals surface area contributed by atoms with Gasteiger partial charge in [0.15, 0.2) is 0 Å². The summed E-state index contributed by atoms with van der Waals surface area (Å²) in [6.45, 7) is 3.26. The zero-order chi connectivity index (χ0) is 10.8. The average Bonchev–Trinajstić information content (AvgIpc) is 2.82. The number of hydrogen-bond donors (Lipinski definition) is 1. The van der Waals surface area contributed by atoms with E-state index in [2.05, 4.69) is 23.5 Å². The molecule has 3 rings (SSSR count). The molecule has 0 bridgehead atoms. The van der Waals surface area contributed by atoms with Crippen LogP contribution in [0.2, 0.25) is 0 Å². The molecule has 1 aromatic rings. The van der Waals surface area contributed by atoms with E-state index in [4.69, 9.17) is 4.74 Å². The molecule has 2 nitrogen and oxygen atoms in total. The van der Waals surface area contributed by atoms with Gasteiger partial charge in [0.25, 0.3) is 0 Å². The topological polar surface area (TPSA) is 21.3 Å². The third-order valence-corrected chi connectivity index (χ3v) is 3.67. The van der Waals surface area contributed by atoms with E-state index in [0.29, 0.717) is 0 Å². The minimum Gasteiger partial charge on any atom is -0.493 e. The average molecular weight is 217 g/mol. The fourth-order valence-corrected chi connectivity index (χ4v) is 2.73. The first-order chi connectivity index (χ1) is 7.92. The van der Waals surface area contributed by atoms with Gasteiger partial charge in [-0.1, -0.05) is 12.1 Å². The van der Waals surface area contributed by atoms with Crippen LogP contribution in [-0.4, -0.2) is 19.7 Å². The fourth-order valence-electron chi connectivity index (χ4n) is 2.73. The summed E-state index contributed by atoms with van der Waals surface area (Å²) < 4.78 is 5.71. The molecule has 2 aliphatic heterocycles. The van der Waals surface area contributed by atoms with Gasteiger partial charge in [-0.25, -0.2) is 0 Å². The summed E-state index contributed by atoms with van der Waals surface area (Å²) in [7, 11) is 0. The molecule has 0 radical (unpaired) electrons. The van der Waals surface area contributed by atoms with Gasteiger partial charge in [0.05, 0.1) is 6.61 Å². The highest BCUT2D eigenvalue weighted by atomic mass is 16.5. The molecule has 1 fully saturated rings. The van der Waals surface area contributed by atoms with E-state index < -0.39 is 0 Å². The molecule has 1 aromatic carbocycles. The van der Waals surface area contributed by atoms with Gasteiger partial charge in [-0.05, 0) is 61.9 Å². The molecule has 2 heteroatoms. The zero-order valence-electron chi connectivity index (χ0n) is 9.67. The van der Waals surface area contributed by atoms with Crippen molar-refractivity contribution in [3.63, 3.8) is 0 Å². The Hall–Kier alpha value is -1.02. The lowest BCUT2D eigenvalue weighted by atomic mass is 9.96. The molecule has 1 unspecified atom stereocenters. The predicted molar refractivity (Wildman–Crippen MR) is 64.9 cm³/mol. The molecule has 2 heterocycles. The van der Waals surface area contributed by atoms with Crippen LogP contribution in [0.3, 0.4) is 0 Å². The minimum atomic E-state index is 0.821. The van der Waals surface area contributed by atoms with Gasteiger partial charge in [-0.2, -0.15) is 0 Å². The van der Waals surface area contributed by atoms with Crippen LogP contribution in [0.15, 0.2) is 18.2 Å². The van der Waals surface area contributed by atoms with Crippen molar-refractivity contribution in [3.8, 4) is 5.75 Å². The van der Waals surface area contributed by atoms with Crippen LogP contribution in [0.25, 0.3) is 0 Å². The van der Waals surface area contributed by atoms with Crippen LogP contribution >= 0.6 is 0 Å². The van der Waals surface area contributed by atoms with Crippen molar-refractivity contribution in [2.45, 2.75) is 25.7 Å². The Morgan fingerprint density at radius 2 is 2.38 bits per heavy atom. The molecule has 2 aliphatic rings. The Bertz CT molecular complexity index is 369. The van der Waals surface area contributed by atoms with Gasteiger partial charge in [0.1, 0.15) is 5.75 Å². The molecule has 16 heavy (non-hydrogen) atoms. The van der Waals surface area contributed by atoms with Crippen molar-refractivity contribution in [2.75, 3.05) is 19.7 Å². The first kappa shape index (κ1) is 10.2. The summed E-state index contributed by atoms with van der Waals surface area (Å²) in [6, 6.07) is 6.80. The Balaban J connectivity index is 1.74. The molecular formula is C14H19NO. The fraction of sp³-hybridized carbons (Fsp3) is 0.571.